The summed E-state index contributed by atoms with van der Waals surface area (Å²) in [5, 5.41) is 14.8. The molecule has 2 heterocycles. The van der Waals surface area contributed by atoms with E-state index in [0.29, 0.717) is 46.1 Å². The third-order valence-electron chi connectivity index (χ3n) is 5.73. The molecule has 39 heavy (non-hydrogen) atoms. The van der Waals surface area contributed by atoms with Gasteiger partial charge in [0.15, 0.2) is 0 Å². The van der Waals surface area contributed by atoms with E-state index in [1.54, 1.807) is 42.1 Å². The highest BCUT2D eigenvalue weighted by atomic mass is 35.5. The molecule has 0 aliphatic carbocycles. The first-order valence-electron chi connectivity index (χ1n) is 11.9. The van der Waals surface area contributed by atoms with Crippen molar-refractivity contribution < 1.29 is 18.3 Å². The van der Waals surface area contributed by atoms with E-state index in [1.807, 2.05) is 0 Å². The predicted molar refractivity (Wildman–Crippen MR) is 143 cm³/mol. The number of ether oxygens (including phenoxy) is 1. The minimum atomic E-state index is -0.531. The summed E-state index contributed by atoms with van der Waals surface area (Å²) in [6.07, 6.45) is 3.37. The van der Waals surface area contributed by atoms with E-state index in [0.717, 1.165) is 5.56 Å². The summed E-state index contributed by atoms with van der Waals surface area (Å²) in [6.45, 7) is 2.24. The van der Waals surface area contributed by atoms with Gasteiger partial charge in [0.25, 0.3) is 0 Å². The van der Waals surface area contributed by atoms with Crippen molar-refractivity contribution in [2.45, 2.75) is 26.5 Å². The monoisotopic (exact) mass is 549 g/mol. The molecule has 9 nitrogen and oxygen atoms in total. The number of hydrogen-bond donors (Lipinski definition) is 2. The van der Waals surface area contributed by atoms with Gasteiger partial charge in [0.1, 0.15) is 41.8 Å². The van der Waals surface area contributed by atoms with Gasteiger partial charge >= 0.3 is 0 Å². The summed E-state index contributed by atoms with van der Waals surface area (Å²) in [7, 11) is 0. The minimum absolute atomic E-state index is 0.0282. The zero-order chi connectivity index (χ0) is 27.4. The van der Waals surface area contributed by atoms with E-state index in [2.05, 4.69) is 30.9 Å². The molecule has 2 N–H and O–H groups in total. The van der Waals surface area contributed by atoms with Gasteiger partial charge in [-0.15, -0.1) is 5.10 Å². The Morgan fingerprint density at radius 1 is 1.08 bits per heavy atom. The van der Waals surface area contributed by atoms with E-state index in [9.17, 15) is 13.6 Å². The van der Waals surface area contributed by atoms with Gasteiger partial charge < -0.3 is 15.4 Å². The molecule has 0 saturated heterocycles. The number of carbonyl (C=O) groups excluding carboxylic acids is 1. The number of anilines is 3. The first kappa shape index (κ1) is 26.0. The van der Waals surface area contributed by atoms with Crippen LogP contribution in [-0.2, 0) is 17.9 Å². The number of carbonyl (C=O) groups is 1. The van der Waals surface area contributed by atoms with Crippen molar-refractivity contribution in [2.24, 2.45) is 0 Å². The molecular weight excluding hydrogens is 528 g/mol. The standard InChI is InChI=1S/C27H22ClF2N7O2/c1-2-26(38)34-24-10-20-23(31-15-32-27(20)33-18-7-8-22(30)21(28)9-18)11-25(24)39-14-19-13-37(36-35-19)12-16-3-5-17(29)6-4-16/h3-11,13,15H,2,12,14H2,1H3,(H,34,38)(H,31,32,33). The molecule has 0 spiro atoms. The molecule has 0 radical (unpaired) electrons. The second kappa shape index (κ2) is 11.4. The summed E-state index contributed by atoms with van der Waals surface area (Å²) >= 11 is 5.91. The van der Waals surface area contributed by atoms with Crippen molar-refractivity contribution in [3.05, 3.63) is 95.0 Å². The molecule has 12 heteroatoms. The maximum atomic E-state index is 13.6. The Morgan fingerprint density at radius 3 is 2.67 bits per heavy atom. The number of nitrogens with zero attached hydrogens (tertiary/aromatic N) is 5. The Morgan fingerprint density at radius 2 is 1.90 bits per heavy atom. The molecular formula is C27H22ClF2N7O2. The van der Waals surface area contributed by atoms with Gasteiger partial charge in [0.05, 0.1) is 29.0 Å². The fraction of sp³-hybridized carbons (Fsp3) is 0.148. The SMILES string of the molecule is CCC(=O)Nc1cc2c(Nc3ccc(F)c(Cl)c3)ncnc2cc1OCc1cn(Cc2ccc(F)cc2)nn1. The van der Waals surface area contributed by atoms with Gasteiger partial charge in [-0.1, -0.05) is 35.9 Å². The van der Waals surface area contributed by atoms with Crippen molar-refractivity contribution in [2.75, 3.05) is 10.6 Å². The Labute approximate surface area is 226 Å². The van der Waals surface area contributed by atoms with Crippen molar-refractivity contribution in [1.82, 2.24) is 25.0 Å². The Bertz CT molecular complexity index is 1640. The van der Waals surface area contributed by atoms with E-state index in [-0.39, 0.29) is 29.8 Å². The molecule has 0 aliphatic rings. The molecule has 0 bridgehead atoms. The number of rotatable bonds is 9. The van der Waals surface area contributed by atoms with Crippen LogP contribution in [0.25, 0.3) is 10.9 Å². The van der Waals surface area contributed by atoms with Crippen molar-refractivity contribution in [1.29, 1.82) is 0 Å². The Kier molecular flexibility index (Phi) is 7.60. The highest BCUT2D eigenvalue weighted by Gasteiger charge is 2.15. The average molecular weight is 550 g/mol. The van der Waals surface area contributed by atoms with Gasteiger partial charge in [-0.25, -0.2) is 23.4 Å². The molecule has 5 aromatic rings. The molecule has 2 aromatic heterocycles. The number of fused-ring (bicyclic) bond motifs is 1. The summed E-state index contributed by atoms with van der Waals surface area (Å²) in [6, 6.07) is 13.8. The number of benzene rings is 3. The van der Waals surface area contributed by atoms with E-state index in [1.165, 1.54) is 36.7 Å². The van der Waals surface area contributed by atoms with Gasteiger partial charge in [0.2, 0.25) is 5.91 Å². The van der Waals surface area contributed by atoms with Crippen LogP contribution in [0.5, 0.6) is 5.75 Å². The molecule has 198 valence electrons. The maximum absolute atomic E-state index is 13.6. The van der Waals surface area contributed by atoms with Crippen LogP contribution in [0.1, 0.15) is 24.6 Å². The van der Waals surface area contributed by atoms with Crippen LogP contribution in [0.15, 0.2) is 67.1 Å². The van der Waals surface area contributed by atoms with Crippen molar-refractivity contribution >= 4 is 45.6 Å². The average Bonchev–Trinajstić information content (AvgIpc) is 3.38. The molecule has 0 aliphatic heterocycles. The second-order valence-electron chi connectivity index (χ2n) is 8.57. The maximum Gasteiger partial charge on any atom is 0.224 e. The predicted octanol–water partition coefficient (Wildman–Crippen LogP) is 5.87. The minimum Gasteiger partial charge on any atom is -0.485 e. The third kappa shape index (κ3) is 6.27. The quantitative estimate of drug-likeness (QED) is 0.237. The van der Waals surface area contributed by atoms with Gasteiger partial charge in [-0.2, -0.15) is 0 Å². The van der Waals surface area contributed by atoms with Crippen molar-refractivity contribution in [3.8, 4) is 5.75 Å². The van der Waals surface area contributed by atoms with Crippen LogP contribution >= 0.6 is 11.6 Å². The summed E-state index contributed by atoms with van der Waals surface area (Å²) in [5.41, 5.74) is 2.93. The van der Waals surface area contributed by atoms with Crippen LogP contribution in [0.4, 0.5) is 26.0 Å². The molecule has 0 fully saturated rings. The first-order valence-corrected chi connectivity index (χ1v) is 12.3. The van der Waals surface area contributed by atoms with Crippen LogP contribution in [0.2, 0.25) is 5.02 Å². The topological polar surface area (TPSA) is 107 Å². The fourth-order valence-corrected chi connectivity index (χ4v) is 3.94. The summed E-state index contributed by atoms with van der Waals surface area (Å²) in [5.74, 6) is -0.227. The molecule has 0 unspecified atom stereocenters. The number of halogens is 3. The van der Waals surface area contributed by atoms with Gasteiger partial charge in [0, 0.05) is 23.6 Å². The first-order chi connectivity index (χ1) is 18.9. The van der Waals surface area contributed by atoms with Gasteiger partial charge in [-0.05, 0) is 42.0 Å². The van der Waals surface area contributed by atoms with E-state index >= 15 is 0 Å². The van der Waals surface area contributed by atoms with Crippen LogP contribution in [0.3, 0.4) is 0 Å². The van der Waals surface area contributed by atoms with Crippen LogP contribution in [0, 0.1) is 11.6 Å². The largest absolute Gasteiger partial charge is 0.485 e. The molecule has 3 aromatic carbocycles. The normalized spacial score (nSPS) is 11.0. The number of aromatic nitrogens is 5. The third-order valence-corrected chi connectivity index (χ3v) is 6.02. The Balaban J connectivity index is 1.39. The molecule has 1 amide bonds. The smallest absolute Gasteiger partial charge is 0.224 e. The van der Waals surface area contributed by atoms with Crippen LogP contribution in [-0.4, -0.2) is 30.9 Å². The summed E-state index contributed by atoms with van der Waals surface area (Å²) < 4.78 is 34.4. The second-order valence-corrected chi connectivity index (χ2v) is 8.97. The van der Waals surface area contributed by atoms with E-state index < -0.39 is 5.82 Å². The van der Waals surface area contributed by atoms with Crippen LogP contribution < -0.4 is 15.4 Å². The molecule has 0 saturated carbocycles. The summed E-state index contributed by atoms with van der Waals surface area (Å²) in [4.78, 5) is 20.9. The number of nitrogens with one attached hydrogen (secondary N) is 2. The van der Waals surface area contributed by atoms with Crippen molar-refractivity contribution in [3.63, 3.8) is 0 Å². The number of hydrogen-bond acceptors (Lipinski definition) is 7. The lowest BCUT2D eigenvalue weighted by molar-refractivity contribution is -0.115. The highest BCUT2D eigenvalue weighted by molar-refractivity contribution is 6.31. The zero-order valence-electron chi connectivity index (χ0n) is 20.7. The molecule has 0 atom stereocenters. The zero-order valence-corrected chi connectivity index (χ0v) is 21.4. The molecule has 5 rings (SSSR count). The lowest BCUT2D eigenvalue weighted by Crippen LogP contribution is -2.11. The van der Waals surface area contributed by atoms with E-state index in [4.69, 9.17) is 16.3 Å². The fourth-order valence-electron chi connectivity index (χ4n) is 3.76. The highest BCUT2D eigenvalue weighted by Crippen LogP contribution is 2.34. The number of amides is 1. The lowest BCUT2D eigenvalue weighted by atomic mass is 10.1. The van der Waals surface area contributed by atoms with Gasteiger partial charge in [-0.3, -0.25) is 4.79 Å². The lowest BCUT2D eigenvalue weighted by Gasteiger charge is -2.15. The Hall–Kier alpha value is -4.64.